The fourth-order valence-corrected chi connectivity index (χ4v) is 4.10. The van der Waals surface area contributed by atoms with E-state index in [-0.39, 0.29) is 5.92 Å². The molecule has 1 rings (SSSR count). The molecule has 0 fully saturated rings. The molecule has 0 N–H and O–H groups in total. The average molecular weight is 421 g/mol. The van der Waals surface area contributed by atoms with Crippen molar-refractivity contribution < 1.29 is 19.0 Å². The lowest BCUT2D eigenvalue weighted by Crippen LogP contribution is -2.18. The Bertz CT molecular complexity index is 609. The summed E-state index contributed by atoms with van der Waals surface area (Å²) in [6.07, 6.45) is 6.40. The van der Waals surface area contributed by atoms with Gasteiger partial charge < -0.3 is 14.2 Å². The van der Waals surface area contributed by atoms with E-state index in [1.54, 1.807) is 21.1 Å². The second-order valence-electron chi connectivity index (χ2n) is 9.13. The zero-order chi connectivity index (χ0) is 22.5. The Kier molecular flexibility index (Phi) is 12.8. The quantitative estimate of drug-likeness (QED) is 0.292. The molecule has 0 aliphatic carbocycles. The molecule has 1 aromatic carbocycles. The minimum Gasteiger partial charge on any atom is -0.493 e. The Hall–Kier alpha value is -1.55. The van der Waals surface area contributed by atoms with Gasteiger partial charge in [0.05, 0.1) is 13.7 Å². The first-order valence-corrected chi connectivity index (χ1v) is 11.6. The fraction of sp³-hybridized carbons (Fsp3) is 0.731. The second kappa shape index (κ2) is 14.5. The number of methoxy groups -OCH3 is 2. The van der Waals surface area contributed by atoms with Gasteiger partial charge in [-0.15, -0.1) is 0 Å². The lowest BCUT2D eigenvalue weighted by atomic mass is 9.83. The zero-order valence-corrected chi connectivity index (χ0v) is 20.3. The number of rotatable bonds is 16. The molecule has 0 aliphatic heterocycles. The van der Waals surface area contributed by atoms with Gasteiger partial charge >= 0.3 is 0 Å². The maximum Gasteiger partial charge on any atom is 0.161 e. The van der Waals surface area contributed by atoms with E-state index in [1.807, 2.05) is 6.07 Å². The predicted molar refractivity (Wildman–Crippen MR) is 124 cm³/mol. The Labute approximate surface area is 184 Å². The van der Waals surface area contributed by atoms with Crippen molar-refractivity contribution in [3.63, 3.8) is 0 Å². The summed E-state index contributed by atoms with van der Waals surface area (Å²) in [6, 6.07) is 6.30. The van der Waals surface area contributed by atoms with Crippen molar-refractivity contribution >= 4 is 5.78 Å². The molecule has 0 spiro atoms. The first kappa shape index (κ1) is 26.5. The van der Waals surface area contributed by atoms with Crippen molar-refractivity contribution in [2.45, 2.75) is 73.1 Å². The highest BCUT2D eigenvalue weighted by Crippen LogP contribution is 2.31. The SMILES string of the molecule is COCCCOc1cc(CC(CCCCC(C(C)=O)C(C)C)C(C)C)ccc1OC. The molecule has 0 saturated heterocycles. The average Bonchev–Trinajstić information content (AvgIpc) is 2.69. The minimum atomic E-state index is 0.210. The van der Waals surface area contributed by atoms with Gasteiger partial charge in [-0.3, -0.25) is 4.79 Å². The van der Waals surface area contributed by atoms with Gasteiger partial charge in [0.15, 0.2) is 11.5 Å². The van der Waals surface area contributed by atoms with Gasteiger partial charge in [-0.2, -0.15) is 0 Å². The molecule has 30 heavy (non-hydrogen) atoms. The van der Waals surface area contributed by atoms with Gasteiger partial charge in [-0.25, -0.2) is 0 Å². The van der Waals surface area contributed by atoms with Gasteiger partial charge in [0.2, 0.25) is 0 Å². The number of hydrogen-bond acceptors (Lipinski definition) is 4. The standard InChI is InChI=1S/C26H44O4/c1-19(2)23(11-8-9-12-24(20(3)4)21(5)27)17-22-13-14-25(29-7)26(18-22)30-16-10-15-28-6/h13-14,18-20,23-24H,8-12,15-17H2,1-7H3. The second-order valence-corrected chi connectivity index (χ2v) is 9.13. The summed E-state index contributed by atoms with van der Waals surface area (Å²) in [6.45, 7) is 12.0. The highest BCUT2D eigenvalue weighted by molar-refractivity contribution is 5.78. The molecule has 0 heterocycles. The smallest absolute Gasteiger partial charge is 0.161 e. The molecular weight excluding hydrogens is 376 g/mol. The Morgan fingerprint density at radius 1 is 0.900 bits per heavy atom. The molecule has 4 nitrogen and oxygen atoms in total. The summed E-state index contributed by atoms with van der Waals surface area (Å²) < 4.78 is 16.5. The molecule has 0 aliphatic rings. The van der Waals surface area contributed by atoms with Crippen LogP contribution in [0.2, 0.25) is 0 Å². The van der Waals surface area contributed by atoms with E-state index in [0.717, 1.165) is 37.2 Å². The van der Waals surface area contributed by atoms with Gasteiger partial charge in [-0.1, -0.05) is 46.6 Å². The molecule has 2 unspecified atom stereocenters. The van der Waals surface area contributed by atoms with E-state index in [2.05, 4.69) is 39.8 Å². The van der Waals surface area contributed by atoms with Crippen molar-refractivity contribution in [2.24, 2.45) is 23.7 Å². The van der Waals surface area contributed by atoms with Gasteiger partial charge in [0.1, 0.15) is 5.78 Å². The number of unbranched alkanes of at least 4 members (excludes halogenated alkanes) is 1. The van der Waals surface area contributed by atoms with Crippen LogP contribution < -0.4 is 9.47 Å². The van der Waals surface area contributed by atoms with E-state index in [1.165, 1.54) is 18.4 Å². The molecule has 1 aromatic rings. The van der Waals surface area contributed by atoms with Crippen molar-refractivity contribution in [1.82, 2.24) is 0 Å². The molecule has 0 radical (unpaired) electrons. The normalized spacial score (nSPS) is 13.5. The molecular formula is C26H44O4. The van der Waals surface area contributed by atoms with Gasteiger partial charge in [0.25, 0.3) is 0 Å². The maximum atomic E-state index is 11.8. The number of benzene rings is 1. The van der Waals surface area contributed by atoms with Crippen LogP contribution in [0.25, 0.3) is 0 Å². The highest BCUT2D eigenvalue weighted by atomic mass is 16.5. The number of ether oxygens (including phenoxy) is 3. The molecule has 0 amide bonds. The predicted octanol–water partition coefficient (Wildman–Crippen LogP) is 6.35. The summed E-state index contributed by atoms with van der Waals surface area (Å²) in [7, 11) is 3.38. The number of Topliss-reactive ketones (excluding diaryl/α,β-unsaturated/α-hetero) is 1. The van der Waals surface area contributed by atoms with E-state index < -0.39 is 0 Å². The van der Waals surface area contributed by atoms with Crippen LogP contribution in [0.15, 0.2) is 18.2 Å². The van der Waals surface area contributed by atoms with E-state index >= 15 is 0 Å². The zero-order valence-electron chi connectivity index (χ0n) is 20.3. The number of hydrogen-bond donors (Lipinski definition) is 0. The van der Waals surface area contributed by atoms with Crippen LogP contribution in [0.5, 0.6) is 11.5 Å². The number of ketones is 1. The van der Waals surface area contributed by atoms with Gasteiger partial charge in [-0.05, 0) is 61.6 Å². The summed E-state index contributed by atoms with van der Waals surface area (Å²) in [5, 5.41) is 0. The molecule has 172 valence electrons. The van der Waals surface area contributed by atoms with Crippen molar-refractivity contribution in [1.29, 1.82) is 0 Å². The third-order valence-corrected chi connectivity index (χ3v) is 6.09. The van der Waals surface area contributed by atoms with Crippen LogP contribution in [0, 0.1) is 23.7 Å². The first-order valence-electron chi connectivity index (χ1n) is 11.6. The summed E-state index contributed by atoms with van der Waals surface area (Å²) >= 11 is 0. The van der Waals surface area contributed by atoms with Crippen molar-refractivity contribution in [3.05, 3.63) is 23.8 Å². The van der Waals surface area contributed by atoms with Crippen molar-refractivity contribution in [2.75, 3.05) is 27.4 Å². The van der Waals surface area contributed by atoms with Crippen LogP contribution in [0.4, 0.5) is 0 Å². The highest BCUT2D eigenvalue weighted by Gasteiger charge is 2.19. The molecule has 0 aromatic heterocycles. The Morgan fingerprint density at radius 2 is 1.60 bits per heavy atom. The van der Waals surface area contributed by atoms with Crippen LogP contribution in [0.3, 0.4) is 0 Å². The Balaban J connectivity index is 2.66. The van der Waals surface area contributed by atoms with E-state index in [9.17, 15) is 4.79 Å². The first-order chi connectivity index (χ1) is 14.3. The summed E-state index contributed by atoms with van der Waals surface area (Å²) in [5.74, 6) is 3.81. The number of carbonyl (C=O) groups is 1. The lowest BCUT2D eigenvalue weighted by Gasteiger charge is -2.23. The topological polar surface area (TPSA) is 44.8 Å². The van der Waals surface area contributed by atoms with Gasteiger partial charge in [0, 0.05) is 26.1 Å². The molecule has 2 atom stereocenters. The minimum absolute atomic E-state index is 0.210. The summed E-state index contributed by atoms with van der Waals surface area (Å²) in [5.41, 5.74) is 1.29. The monoisotopic (exact) mass is 420 g/mol. The third-order valence-electron chi connectivity index (χ3n) is 6.09. The largest absolute Gasteiger partial charge is 0.493 e. The fourth-order valence-electron chi connectivity index (χ4n) is 4.10. The third kappa shape index (κ3) is 9.51. The van der Waals surface area contributed by atoms with E-state index in [4.69, 9.17) is 14.2 Å². The molecule has 0 saturated carbocycles. The van der Waals surface area contributed by atoms with Crippen LogP contribution >= 0.6 is 0 Å². The lowest BCUT2D eigenvalue weighted by molar-refractivity contribution is -0.122. The maximum absolute atomic E-state index is 11.8. The van der Waals surface area contributed by atoms with Crippen molar-refractivity contribution in [3.8, 4) is 11.5 Å². The molecule has 4 heteroatoms. The number of carbonyl (C=O) groups excluding carboxylic acids is 1. The van der Waals surface area contributed by atoms with Crippen LogP contribution in [-0.4, -0.2) is 33.2 Å². The van der Waals surface area contributed by atoms with E-state index in [0.29, 0.717) is 36.8 Å². The Morgan fingerprint density at radius 3 is 2.17 bits per heavy atom. The van der Waals surface area contributed by atoms with Crippen LogP contribution in [-0.2, 0) is 16.0 Å². The van der Waals surface area contributed by atoms with Crippen LogP contribution in [0.1, 0.15) is 72.3 Å². The molecule has 0 bridgehead atoms. The summed E-state index contributed by atoms with van der Waals surface area (Å²) in [4.78, 5) is 11.8.